The summed E-state index contributed by atoms with van der Waals surface area (Å²) in [7, 11) is 0. The van der Waals surface area contributed by atoms with Gasteiger partial charge in [-0.1, -0.05) is 43.0 Å². The van der Waals surface area contributed by atoms with Crippen LogP contribution >= 0.6 is 11.6 Å². The molecular weight excluding hydrogens is 260 g/mol. The van der Waals surface area contributed by atoms with Gasteiger partial charge in [-0.3, -0.25) is 4.79 Å². The number of halogens is 1. The van der Waals surface area contributed by atoms with Crippen LogP contribution in [0.25, 0.3) is 0 Å². The Morgan fingerprint density at radius 3 is 2.63 bits per heavy atom. The summed E-state index contributed by atoms with van der Waals surface area (Å²) in [5.41, 5.74) is 1.97. The van der Waals surface area contributed by atoms with Gasteiger partial charge in [0.25, 0.3) is 0 Å². The van der Waals surface area contributed by atoms with Crippen LogP contribution in [0.4, 0.5) is 0 Å². The van der Waals surface area contributed by atoms with Crippen molar-refractivity contribution < 1.29 is 9.59 Å². The monoisotopic (exact) mass is 277 g/mol. The maximum absolute atomic E-state index is 10.9. The molecule has 101 valence electrons. The second-order valence-electron chi connectivity index (χ2n) is 5.19. The van der Waals surface area contributed by atoms with Crippen LogP contribution in [0.15, 0.2) is 18.2 Å². The average Bonchev–Trinajstić information content (AvgIpc) is 2.45. The summed E-state index contributed by atoms with van der Waals surface area (Å²) in [6.07, 6.45) is 9.04. The Bertz CT molecular complexity index is 450. The van der Waals surface area contributed by atoms with E-state index in [9.17, 15) is 9.59 Å². The molecule has 0 spiro atoms. The van der Waals surface area contributed by atoms with Gasteiger partial charge < -0.3 is 4.79 Å². The van der Waals surface area contributed by atoms with Gasteiger partial charge in [0.15, 0.2) is 0 Å². The standard InChI is InChI=1S/C16H18ClO2/c17-16-10-13(14(11-19)8-9-18)6-7-15(16)12-4-2-1-3-5-12/h6-7,9-10,12,14H,1-5,8H2. The van der Waals surface area contributed by atoms with Gasteiger partial charge in [-0.05, 0) is 36.0 Å². The molecule has 1 fully saturated rings. The van der Waals surface area contributed by atoms with Crippen molar-refractivity contribution in [2.75, 3.05) is 0 Å². The Morgan fingerprint density at radius 2 is 2.05 bits per heavy atom. The molecule has 0 saturated heterocycles. The van der Waals surface area contributed by atoms with Gasteiger partial charge in [0.1, 0.15) is 6.29 Å². The number of rotatable bonds is 5. The van der Waals surface area contributed by atoms with Crippen LogP contribution in [0.3, 0.4) is 0 Å². The quantitative estimate of drug-likeness (QED) is 0.757. The molecule has 1 radical (unpaired) electrons. The van der Waals surface area contributed by atoms with E-state index in [1.165, 1.54) is 37.7 Å². The van der Waals surface area contributed by atoms with Crippen molar-refractivity contribution in [3.63, 3.8) is 0 Å². The zero-order valence-electron chi connectivity index (χ0n) is 10.9. The fourth-order valence-corrected chi connectivity index (χ4v) is 3.20. The second-order valence-corrected chi connectivity index (χ2v) is 5.60. The number of aldehydes is 1. The van der Waals surface area contributed by atoms with E-state index < -0.39 is 5.92 Å². The summed E-state index contributed by atoms with van der Waals surface area (Å²) >= 11 is 6.35. The summed E-state index contributed by atoms with van der Waals surface area (Å²) in [6.45, 7) is 0. The maximum atomic E-state index is 10.9. The molecule has 1 aromatic carbocycles. The highest BCUT2D eigenvalue weighted by Crippen LogP contribution is 2.37. The van der Waals surface area contributed by atoms with Crippen molar-refractivity contribution in [2.24, 2.45) is 0 Å². The van der Waals surface area contributed by atoms with Crippen molar-refractivity contribution in [2.45, 2.75) is 50.4 Å². The molecule has 0 bridgehead atoms. The molecule has 2 rings (SSSR count). The molecule has 2 nitrogen and oxygen atoms in total. The Hall–Kier alpha value is -1.15. The topological polar surface area (TPSA) is 34.1 Å². The minimum Gasteiger partial charge on any atom is -0.303 e. The van der Waals surface area contributed by atoms with E-state index in [2.05, 4.69) is 0 Å². The number of carbonyl (C=O) groups excluding carboxylic acids is 2. The van der Waals surface area contributed by atoms with Crippen molar-refractivity contribution in [3.8, 4) is 0 Å². The van der Waals surface area contributed by atoms with Crippen LogP contribution in [0, 0.1) is 0 Å². The largest absolute Gasteiger partial charge is 0.303 e. The third kappa shape index (κ3) is 3.44. The molecule has 3 heteroatoms. The first-order valence-electron chi connectivity index (χ1n) is 6.87. The van der Waals surface area contributed by atoms with E-state index in [-0.39, 0.29) is 6.42 Å². The van der Waals surface area contributed by atoms with E-state index in [4.69, 9.17) is 11.6 Å². The van der Waals surface area contributed by atoms with Crippen molar-refractivity contribution in [1.82, 2.24) is 0 Å². The lowest BCUT2D eigenvalue weighted by molar-refractivity contribution is -0.107. The minimum absolute atomic E-state index is 0.169. The first-order chi connectivity index (χ1) is 9.26. The smallest absolute Gasteiger partial charge is 0.206 e. The Morgan fingerprint density at radius 1 is 1.32 bits per heavy atom. The van der Waals surface area contributed by atoms with Gasteiger partial charge in [-0.2, -0.15) is 0 Å². The molecule has 0 amide bonds. The highest BCUT2D eigenvalue weighted by molar-refractivity contribution is 6.31. The van der Waals surface area contributed by atoms with E-state index >= 15 is 0 Å². The lowest BCUT2D eigenvalue weighted by atomic mass is 9.83. The van der Waals surface area contributed by atoms with Gasteiger partial charge in [0.05, 0.1) is 5.92 Å². The third-order valence-electron chi connectivity index (χ3n) is 3.95. The lowest BCUT2D eigenvalue weighted by Gasteiger charge is -2.23. The fourth-order valence-electron chi connectivity index (χ4n) is 2.85. The highest BCUT2D eigenvalue weighted by atomic mass is 35.5. The third-order valence-corrected chi connectivity index (χ3v) is 4.27. The van der Waals surface area contributed by atoms with Gasteiger partial charge >= 0.3 is 0 Å². The van der Waals surface area contributed by atoms with Crippen molar-refractivity contribution in [3.05, 3.63) is 34.3 Å². The highest BCUT2D eigenvalue weighted by Gasteiger charge is 2.19. The normalized spacial score (nSPS) is 17.9. The Balaban J connectivity index is 2.20. The Labute approximate surface area is 119 Å². The second kappa shape index (κ2) is 6.85. The SMILES string of the molecule is O=[C]C(CC=O)c1ccc(C2CCCCC2)c(Cl)c1. The summed E-state index contributed by atoms with van der Waals surface area (Å²) in [5, 5.41) is 0.718. The molecule has 1 unspecified atom stereocenters. The molecule has 1 aliphatic carbocycles. The molecule has 0 heterocycles. The summed E-state index contributed by atoms with van der Waals surface area (Å²) in [6, 6.07) is 5.75. The number of benzene rings is 1. The predicted octanol–water partition coefficient (Wildman–Crippen LogP) is 4.17. The minimum atomic E-state index is -0.490. The van der Waals surface area contributed by atoms with E-state index in [1.807, 2.05) is 24.5 Å². The average molecular weight is 278 g/mol. The molecule has 1 atom stereocenters. The fraction of sp³-hybridized carbons (Fsp3) is 0.500. The molecule has 0 aromatic heterocycles. The molecule has 0 aliphatic heterocycles. The number of carbonyl (C=O) groups is 1. The molecule has 1 saturated carbocycles. The molecule has 1 aromatic rings. The first-order valence-corrected chi connectivity index (χ1v) is 7.24. The van der Waals surface area contributed by atoms with Crippen LogP contribution in [-0.2, 0) is 9.59 Å². The van der Waals surface area contributed by atoms with Gasteiger partial charge in [0, 0.05) is 11.4 Å². The zero-order valence-corrected chi connectivity index (χ0v) is 11.7. The summed E-state index contributed by atoms with van der Waals surface area (Å²) in [5.74, 6) is 0.0513. The first kappa shape index (κ1) is 14.3. The van der Waals surface area contributed by atoms with E-state index in [0.29, 0.717) is 5.92 Å². The van der Waals surface area contributed by atoms with Crippen LogP contribution in [0.5, 0.6) is 0 Å². The maximum Gasteiger partial charge on any atom is 0.206 e. The van der Waals surface area contributed by atoms with Crippen LogP contribution in [0.1, 0.15) is 61.5 Å². The van der Waals surface area contributed by atoms with Gasteiger partial charge in [-0.25, -0.2) is 0 Å². The lowest BCUT2D eigenvalue weighted by Crippen LogP contribution is -2.06. The van der Waals surface area contributed by atoms with Crippen molar-refractivity contribution >= 4 is 24.2 Å². The van der Waals surface area contributed by atoms with Gasteiger partial charge in [0.2, 0.25) is 6.29 Å². The van der Waals surface area contributed by atoms with Crippen LogP contribution < -0.4 is 0 Å². The summed E-state index contributed by atoms with van der Waals surface area (Å²) < 4.78 is 0. The van der Waals surface area contributed by atoms with E-state index in [1.54, 1.807) is 0 Å². The van der Waals surface area contributed by atoms with Crippen LogP contribution in [-0.4, -0.2) is 12.6 Å². The van der Waals surface area contributed by atoms with Gasteiger partial charge in [-0.15, -0.1) is 0 Å². The molecule has 1 aliphatic rings. The predicted molar refractivity (Wildman–Crippen MR) is 76.4 cm³/mol. The molecular formula is C16H18ClO2. The number of hydrogen-bond acceptors (Lipinski definition) is 2. The molecule has 19 heavy (non-hydrogen) atoms. The molecule has 0 N–H and O–H groups in total. The zero-order chi connectivity index (χ0) is 13.7. The van der Waals surface area contributed by atoms with E-state index in [0.717, 1.165) is 16.9 Å². The Kier molecular flexibility index (Phi) is 5.15. The van der Waals surface area contributed by atoms with Crippen molar-refractivity contribution in [1.29, 1.82) is 0 Å². The number of hydrogen-bond donors (Lipinski definition) is 0. The van der Waals surface area contributed by atoms with Crippen LogP contribution in [0.2, 0.25) is 5.02 Å². The summed E-state index contributed by atoms with van der Waals surface area (Å²) in [4.78, 5) is 21.4.